The van der Waals surface area contributed by atoms with Gasteiger partial charge in [0.1, 0.15) is 0 Å². The lowest BCUT2D eigenvalue weighted by Gasteiger charge is -2.10. The van der Waals surface area contributed by atoms with Gasteiger partial charge in [0.2, 0.25) is 0 Å². The average molecular weight is 742 g/mol. The van der Waals surface area contributed by atoms with E-state index in [0.29, 0.717) is 0 Å². The highest BCUT2D eigenvalue weighted by molar-refractivity contribution is 6.21. The number of nitrogens with zero attached hydrogens (tertiary/aromatic N) is 3. The number of rotatable bonds is 21. The zero-order chi connectivity index (χ0) is 39.0. The highest BCUT2D eigenvalue weighted by Gasteiger charge is 2.20. The summed E-state index contributed by atoms with van der Waals surface area (Å²) in [6, 6.07) is 28.6. The molecule has 0 saturated heterocycles. The molecule has 0 radical (unpaired) electrons. The topological polar surface area (TPSA) is 14.8 Å². The van der Waals surface area contributed by atoms with Crippen molar-refractivity contribution < 1.29 is 0 Å². The smallest absolute Gasteiger partial charge is 0.0499 e. The van der Waals surface area contributed by atoms with Crippen LogP contribution in [-0.2, 0) is 19.6 Å². The van der Waals surface area contributed by atoms with Gasteiger partial charge >= 0.3 is 0 Å². The van der Waals surface area contributed by atoms with Crippen molar-refractivity contribution in [2.24, 2.45) is 0 Å². The maximum absolute atomic E-state index is 2.70. The van der Waals surface area contributed by atoms with Crippen LogP contribution in [0.5, 0.6) is 0 Å². The van der Waals surface area contributed by atoms with Gasteiger partial charge in [0.05, 0.1) is 0 Å². The van der Waals surface area contributed by atoms with Crippen LogP contribution in [0.1, 0.15) is 164 Å². The molecule has 0 unspecified atom stereocenters. The number of aryl methyl sites for hydroxylation is 3. The number of hydrogen-bond acceptors (Lipinski definition) is 0. The van der Waals surface area contributed by atoms with E-state index >= 15 is 0 Å². The Morgan fingerprint density at radius 1 is 0.291 bits per heavy atom. The van der Waals surface area contributed by atoms with E-state index in [9.17, 15) is 0 Å². The van der Waals surface area contributed by atoms with Crippen LogP contribution in [0.25, 0.3) is 65.4 Å². The van der Waals surface area contributed by atoms with Crippen LogP contribution >= 0.6 is 0 Å². The third-order valence-corrected chi connectivity index (χ3v) is 11.9. The Morgan fingerprint density at radius 2 is 0.545 bits per heavy atom. The van der Waals surface area contributed by atoms with Crippen LogP contribution in [0.2, 0.25) is 0 Å². The second kappa shape index (κ2) is 22.1. The molecule has 3 nitrogen and oxygen atoms in total. The molecule has 0 aliphatic heterocycles. The quantitative estimate of drug-likeness (QED) is 0.0652. The fraction of sp³-hybridized carbons (Fsp3) is 0.538. The monoisotopic (exact) mass is 742 g/mol. The molecule has 55 heavy (non-hydrogen) atoms. The summed E-state index contributed by atoms with van der Waals surface area (Å²) in [5.74, 6) is 0. The second-order valence-corrected chi connectivity index (χ2v) is 15.6. The maximum Gasteiger partial charge on any atom is 0.0499 e. The molecule has 298 valence electrons. The van der Waals surface area contributed by atoms with Gasteiger partial charge in [0, 0.05) is 85.1 Å². The molecule has 0 fully saturated rings. The van der Waals surface area contributed by atoms with Gasteiger partial charge in [-0.15, -0.1) is 0 Å². The summed E-state index contributed by atoms with van der Waals surface area (Å²) in [5.41, 5.74) is 8.41. The van der Waals surface area contributed by atoms with E-state index in [1.54, 1.807) is 0 Å². The number of unbranched alkanes of at least 4 members (excludes halogenated alkanes) is 15. The summed E-state index contributed by atoms with van der Waals surface area (Å²) in [4.78, 5) is 0. The third-order valence-electron chi connectivity index (χ3n) is 11.9. The van der Waals surface area contributed by atoms with Gasteiger partial charge in [-0.3, -0.25) is 0 Å². The number of hydrogen-bond donors (Lipinski definition) is 0. The molecule has 0 spiro atoms. The Hall–Kier alpha value is -3.72. The molecule has 0 atom stereocenters. The fourth-order valence-corrected chi connectivity index (χ4v) is 9.05. The highest BCUT2D eigenvalue weighted by atomic mass is 15.0. The van der Waals surface area contributed by atoms with Gasteiger partial charge in [0.25, 0.3) is 0 Å². The maximum atomic E-state index is 2.70. The Labute approximate surface area is 334 Å². The van der Waals surface area contributed by atoms with Crippen LogP contribution in [0.15, 0.2) is 72.8 Å². The number of fused-ring (bicyclic) bond motifs is 9. The predicted octanol–water partition coefficient (Wildman–Crippen LogP) is 17.1. The summed E-state index contributed by atoms with van der Waals surface area (Å²) in [6.07, 6.45) is 23.8. The Morgan fingerprint density at radius 3 is 0.873 bits per heavy atom. The van der Waals surface area contributed by atoms with E-state index in [4.69, 9.17) is 0 Å². The van der Waals surface area contributed by atoms with Gasteiger partial charge in [0.15, 0.2) is 0 Å². The van der Waals surface area contributed by atoms with Crippen molar-refractivity contribution >= 4 is 65.4 Å². The zero-order valence-electron chi connectivity index (χ0n) is 36.1. The molecule has 7 rings (SSSR count). The van der Waals surface area contributed by atoms with Gasteiger partial charge in [-0.2, -0.15) is 0 Å². The van der Waals surface area contributed by atoms with Crippen molar-refractivity contribution in [3.8, 4) is 0 Å². The van der Waals surface area contributed by atoms with Gasteiger partial charge in [-0.1, -0.05) is 181 Å². The lowest BCUT2D eigenvalue weighted by atomic mass is 10.1. The minimum absolute atomic E-state index is 1.08. The van der Waals surface area contributed by atoms with Crippen LogP contribution in [0.3, 0.4) is 0 Å². The first-order valence-corrected chi connectivity index (χ1v) is 23.1. The molecule has 0 saturated carbocycles. The Bertz CT molecular complexity index is 2040. The molecular formula is C52H75N3. The van der Waals surface area contributed by atoms with Crippen LogP contribution < -0.4 is 0 Å². The van der Waals surface area contributed by atoms with E-state index in [1.807, 2.05) is 27.7 Å². The molecule has 3 heterocycles. The SMILES string of the molecule is CC.CC.CCCCCCCCn1c2ccccc2c2cc3c(cc21)c1cc2c(cc1n3CCCCCCCC)c1ccccc1n2CCCCCCCC. The van der Waals surface area contributed by atoms with Crippen molar-refractivity contribution in [2.45, 2.75) is 184 Å². The minimum atomic E-state index is 1.08. The van der Waals surface area contributed by atoms with E-state index in [2.05, 4.69) is 107 Å². The molecule has 0 bridgehead atoms. The fourth-order valence-electron chi connectivity index (χ4n) is 9.05. The average Bonchev–Trinajstić information content (AvgIpc) is 3.83. The van der Waals surface area contributed by atoms with E-state index < -0.39 is 0 Å². The molecule has 0 aliphatic carbocycles. The van der Waals surface area contributed by atoms with Gasteiger partial charge < -0.3 is 13.7 Å². The first-order valence-electron chi connectivity index (χ1n) is 23.1. The van der Waals surface area contributed by atoms with Gasteiger partial charge in [-0.25, -0.2) is 0 Å². The number of para-hydroxylation sites is 2. The summed E-state index contributed by atoms with van der Waals surface area (Å²) < 4.78 is 7.99. The van der Waals surface area contributed by atoms with Crippen molar-refractivity contribution in [2.75, 3.05) is 0 Å². The van der Waals surface area contributed by atoms with Crippen LogP contribution in [0.4, 0.5) is 0 Å². The highest BCUT2D eigenvalue weighted by Crippen LogP contribution is 2.41. The van der Waals surface area contributed by atoms with Gasteiger partial charge in [-0.05, 0) is 55.7 Å². The Kier molecular flexibility index (Phi) is 17.1. The molecule has 4 aromatic carbocycles. The first-order chi connectivity index (χ1) is 27.2. The number of benzene rings is 4. The predicted molar refractivity (Wildman–Crippen MR) is 248 cm³/mol. The second-order valence-electron chi connectivity index (χ2n) is 15.6. The first kappa shape index (κ1) is 42.4. The molecule has 3 heteroatoms. The lowest BCUT2D eigenvalue weighted by Crippen LogP contribution is -1.99. The molecule has 0 amide bonds. The summed E-state index contributed by atoms with van der Waals surface area (Å²) in [6.45, 7) is 18.2. The largest absolute Gasteiger partial charge is 0.340 e. The molecule has 7 aromatic rings. The van der Waals surface area contributed by atoms with Crippen molar-refractivity contribution in [1.29, 1.82) is 0 Å². The van der Waals surface area contributed by atoms with E-state index in [0.717, 1.165) is 19.6 Å². The summed E-state index contributed by atoms with van der Waals surface area (Å²) in [7, 11) is 0. The molecule has 0 N–H and O–H groups in total. The standard InChI is InChI=1S/C48H63N3.2C2H6/c1-4-7-10-13-16-23-30-49-43-28-21-19-26-37(43)39-33-47-41(35-45(39)49)42-36-46-40(34-48(42)51(47)32-25-18-15-12-9-6-3)38-27-20-22-29-44(38)50(46)31-24-17-14-11-8-5-2;2*1-2/h19-22,26-29,33-36H,4-18,23-25,30-32H2,1-3H3;2*1-2H3. The molecule has 0 aliphatic rings. The molecule has 3 aromatic heterocycles. The molecular weight excluding hydrogens is 667 g/mol. The lowest BCUT2D eigenvalue weighted by molar-refractivity contribution is 0.570. The normalized spacial score (nSPS) is 11.6. The summed E-state index contributed by atoms with van der Waals surface area (Å²) in [5, 5.41) is 8.48. The summed E-state index contributed by atoms with van der Waals surface area (Å²) >= 11 is 0. The van der Waals surface area contributed by atoms with E-state index in [-0.39, 0.29) is 0 Å². The van der Waals surface area contributed by atoms with Crippen LogP contribution in [-0.4, -0.2) is 13.7 Å². The zero-order valence-corrected chi connectivity index (χ0v) is 36.1. The minimum Gasteiger partial charge on any atom is -0.340 e. The van der Waals surface area contributed by atoms with Crippen molar-refractivity contribution in [3.05, 3.63) is 72.8 Å². The van der Waals surface area contributed by atoms with E-state index in [1.165, 1.54) is 181 Å². The Balaban J connectivity index is 0.00000140. The third kappa shape index (κ3) is 9.64. The van der Waals surface area contributed by atoms with Crippen molar-refractivity contribution in [1.82, 2.24) is 13.7 Å². The van der Waals surface area contributed by atoms with Crippen LogP contribution in [0, 0.1) is 0 Å². The number of aromatic nitrogens is 3. The van der Waals surface area contributed by atoms with Crippen molar-refractivity contribution in [3.63, 3.8) is 0 Å².